The molecule has 0 radical (unpaired) electrons. The zero-order valence-electron chi connectivity index (χ0n) is 42.3. The molecule has 2 aliphatic rings. The van der Waals surface area contributed by atoms with E-state index in [0.717, 1.165) is 37.0 Å². The number of benzene rings is 1. The average molecular weight is 916 g/mol. The summed E-state index contributed by atoms with van der Waals surface area (Å²) in [5.41, 5.74) is 1.08. The van der Waals surface area contributed by atoms with Crippen LogP contribution in [0.3, 0.4) is 0 Å². The van der Waals surface area contributed by atoms with Crippen molar-refractivity contribution in [1.82, 2.24) is 0 Å². The predicted molar refractivity (Wildman–Crippen MR) is 260 cm³/mol. The normalized spacial score (nSPS) is 23.0. The highest BCUT2D eigenvalue weighted by atomic mass is 35.5. The lowest BCUT2D eigenvalue weighted by atomic mass is 10.0. The Bertz CT molecular complexity index is 1410. The maximum Gasteiger partial charge on any atom is 0.191 e. The van der Waals surface area contributed by atoms with Crippen molar-refractivity contribution in [2.45, 2.75) is 213 Å². The second-order valence-electron chi connectivity index (χ2n) is 21.4. The third-order valence-electron chi connectivity index (χ3n) is 11.9. The van der Waals surface area contributed by atoms with Crippen molar-refractivity contribution in [2.75, 3.05) is 27.4 Å². The molecule has 1 N–H and O–H groups in total. The van der Waals surface area contributed by atoms with Gasteiger partial charge in [-0.05, 0) is 119 Å². The van der Waals surface area contributed by atoms with E-state index in [9.17, 15) is 5.11 Å². The van der Waals surface area contributed by atoms with Crippen LogP contribution >= 0.6 is 11.6 Å². The van der Waals surface area contributed by atoms with Gasteiger partial charge in [-0.1, -0.05) is 106 Å². The molecule has 0 bridgehead atoms. The van der Waals surface area contributed by atoms with Crippen LogP contribution in [0.5, 0.6) is 5.75 Å². The molecule has 9 nitrogen and oxygen atoms in total. The second-order valence-corrected chi connectivity index (χ2v) is 31.2. The topological polar surface area (TPSA) is 94.1 Å². The molecule has 1 aromatic carbocycles. The third kappa shape index (κ3) is 21.2. The van der Waals surface area contributed by atoms with Gasteiger partial charge in [-0.15, -0.1) is 11.6 Å². The molecule has 2 saturated heterocycles. The molecule has 6 atom stereocenters. The first-order chi connectivity index (χ1) is 27.9. The van der Waals surface area contributed by atoms with Gasteiger partial charge in [-0.2, -0.15) is 0 Å². The number of aliphatic hydroxyl groups excluding tert-OH is 1. The molecule has 12 heteroatoms. The van der Waals surface area contributed by atoms with E-state index in [1.54, 1.807) is 14.2 Å². The molecule has 0 saturated carbocycles. The summed E-state index contributed by atoms with van der Waals surface area (Å²) in [6.45, 7) is 40.4. The zero-order chi connectivity index (χ0) is 47.0. The van der Waals surface area contributed by atoms with E-state index in [-0.39, 0.29) is 40.6 Å². The van der Waals surface area contributed by atoms with Crippen molar-refractivity contribution in [3.8, 4) is 5.75 Å². The fourth-order valence-electron chi connectivity index (χ4n) is 6.20. The highest BCUT2D eigenvalue weighted by Gasteiger charge is 2.46. The molecule has 356 valence electrons. The Labute approximate surface area is 381 Å². The third-order valence-corrected chi connectivity index (χ3v) is 21.3. The molecular weight excluding hydrogens is 824 g/mol. The first-order valence-corrected chi connectivity index (χ1v) is 29.0. The fourth-order valence-corrected chi connectivity index (χ4v) is 8.49. The maximum absolute atomic E-state index is 10.5. The van der Waals surface area contributed by atoms with Gasteiger partial charge in [-0.3, -0.25) is 0 Å². The van der Waals surface area contributed by atoms with Gasteiger partial charge in [0.2, 0.25) is 0 Å². The molecule has 61 heavy (non-hydrogen) atoms. The van der Waals surface area contributed by atoms with Gasteiger partial charge in [0.1, 0.15) is 30.2 Å². The number of methoxy groups -OCH3 is 2. The number of ether oxygens (including phenoxy) is 6. The SMILES string of the molecule is CC(C)C/C=C\C(O)[C@H]1OC(C)(C)O[C@H]1CCO[Si](C)(C)C(C)(C)C.COC(/C=C\CC(C)C)[C@H]1OC(C)(C)O[C@H]1CCO[Si](C)(C)C(C)(C)C.COc1cccc(CCl)c1. The summed E-state index contributed by atoms with van der Waals surface area (Å²) < 4.78 is 47.7. The molecule has 2 unspecified atom stereocenters. The molecule has 1 aromatic rings. The molecule has 0 aliphatic carbocycles. The molecule has 2 fully saturated rings. The summed E-state index contributed by atoms with van der Waals surface area (Å²) in [6.07, 6.45) is 10.3. The minimum absolute atomic E-state index is 0.0246. The van der Waals surface area contributed by atoms with Crippen LogP contribution in [0.2, 0.25) is 36.3 Å². The minimum Gasteiger partial charge on any atom is -0.497 e. The summed E-state index contributed by atoms with van der Waals surface area (Å²) in [5.74, 6) is 1.35. The fraction of sp³-hybridized carbons (Fsp3) is 0.796. The number of rotatable bonds is 19. The lowest BCUT2D eigenvalue weighted by Gasteiger charge is -2.36. The standard InChI is InChI=1S/C21H42O4Si.C20H40O4Si.C8H9ClO/c1-16(2)12-11-13-17(22-8)19-18(24-21(6,7)25-19)14-15-23-26(9,10)20(3,4)5;1-15(2)11-10-12-16(21)18-17(23-20(6,7)24-18)13-14-22-25(8,9)19(3,4)5;1-10-8-4-2-3-7(5-8)6-9/h11,13,16-19H,12,14-15H2,1-10H3;10,12,15-18,21H,11,13-14H2,1-9H3;2-5H,6H2,1H3/b13-11-;12-10-;/t17?,18-,19+;16?,17-,18+;/m00./s1. The van der Waals surface area contributed by atoms with E-state index in [1.165, 1.54) is 0 Å². The quantitative estimate of drug-likeness (QED) is 0.0827. The molecule has 0 aromatic heterocycles. The van der Waals surface area contributed by atoms with Crippen LogP contribution in [0, 0.1) is 11.8 Å². The van der Waals surface area contributed by atoms with Crippen molar-refractivity contribution in [3.05, 3.63) is 54.1 Å². The van der Waals surface area contributed by atoms with Gasteiger partial charge in [0, 0.05) is 26.2 Å². The van der Waals surface area contributed by atoms with Crippen LogP contribution < -0.4 is 4.74 Å². The monoisotopic (exact) mass is 915 g/mol. The molecule has 3 rings (SSSR count). The van der Waals surface area contributed by atoms with Crippen molar-refractivity contribution >= 4 is 28.2 Å². The Hall–Kier alpha value is -1.10. The van der Waals surface area contributed by atoms with Crippen molar-refractivity contribution in [2.24, 2.45) is 11.8 Å². The predicted octanol–water partition coefficient (Wildman–Crippen LogP) is 12.9. The van der Waals surface area contributed by atoms with Crippen LogP contribution in [0.15, 0.2) is 48.6 Å². The Morgan fingerprint density at radius 2 is 1.16 bits per heavy atom. The van der Waals surface area contributed by atoms with E-state index in [1.807, 2.05) is 64.1 Å². The summed E-state index contributed by atoms with van der Waals surface area (Å²) in [7, 11) is -0.129. The zero-order valence-corrected chi connectivity index (χ0v) is 45.0. The van der Waals surface area contributed by atoms with E-state index >= 15 is 0 Å². The van der Waals surface area contributed by atoms with Gasteiger partial charge < -0.3 is 42.4 Å². The van der Waals surface area contributed by atoms with Crippen LogP contribution in [-0.2, 0) is 38.4 Å². The molecule has 0 spiro atoms. The number of allylic oxidation sites excluding steroid dienone is 2. The van der Waals surface area contributed by atoms with Crippen LogP contribution in [-0.4, -0.2) is 97.4 Å². The first-order valence-electron chi connectivity index (χ1n) is 22.6. The van der Waals surface area contributed by atoms with Gasteiger partial charge in [0.05, 0.1) is 19.3 Å². The van der Waals surface area contributed by atoms with Crippen molar-refractivity contribution in [3.63, 3.8) is 0 Å². The Balaban J connectivity index is 0.000000498. The van der Waals surface area contributed by atoms with Gasteiger partial charge >= 0.3 is 0 Å². The van der Waals surface area contributed by atoms with Gasteiger partial charge in [-0.25, -0.2) is 0 Å². The van der Waals surface area contributed by atoms with Crippen LogP contribution in [0.1, 0.15) is 128 Å². The number of hydrogen-bond donors (Lipinski definition) is 1. The minimum atomic E-state index is -1.77. The van der Waals surface area contributed by atoms with E-state index in [0.29, 0.717) is 30.9 Å². The number of hydrogen-bond acceptors (Lipinski definition) is 9. The average Bonchev–Trinajstić information content (AvgIpc) is 3.62. The molecule has 2 heterocycles. The van der Waals surface area contributed by atoms with Crippen LogP contribution in [0.25, 0.3) is 0 Å². The molecule has 2 aliphatic heterocycles. The number of halogens is 1. The van der Waals surface area contributed by atoms with E-state index < -0.39 is 34.3 Å². The molecule has 0 amide bonds. The van der Waals surface area contributed by atoms with Gasteiger partial charge in [0.25, 0.3) is 0 Å². The Kier molecular flexibility index (Phi) is 24.3. The summed E-state index contributed by atoms with van der Waals surface area (Å²) >= 11 is 5.60. The summed E-state index contributed by atoms with van der Waals surface area (Å²) in [6, 6.07) is 7.72. The van der Waals surface area contributed by atoms with Crippen molar-refractivity contribution < 1.29 is 42.4 Å². The van der Waals surface area contributed by atoms with E-state index in [4.69, 9.17) is 48.9 Å². The largest absolute Gasteiger partial charge is 0.497 e. The smallest absolute Gasteiger partial charge is 0.191 e. The Morgan fingerprint density at radius 1 is 0.721 bits per heavy atom. The van der Waals surface area contributed by atoms with Crippen LogP contribution in [0.4, 0.5) is 0 Å². The number of alkyl halides is 1. The summed E-state index contributed by atoms with van der Waals surface area (Å²) in [4.78, 5) is 0. The second kappa shape index (κ2) is 25.6. The molecular formula is C49H91ClO9Si2. The lowest BCUT2D eigenvalue weighted by molar-refractivity contribution is -0.154. The van der Waals surface area contributed by atoms with Gasteiger partial charge in [0.15, 0.2) is 28.2 Å². The highest BCUT2D eigenvalue weighted by molar-refractivity contribution is 6.74. The summed E-state index contributed by atoms with van der Waals surface area (Å²) in [5, 5.41) is 10.9. The van der Waals surface area contributed by atoms with E-state index in [2.05, 4.69) is 108 Å². The Morgan fingerprint density at radius 3 is 1.57 bits per heavy atom. The first kappa shape index (κ1) is 57.9. The lowest BCUT2D eigenvalue weighted by Crippen LogP contribution is -2.42. The maximum atomic E-state index is 10.5. The highest BCUT2D eigenvalue weighted by Crippen LogP contribution is 2.39. The number of aliphatic hydroxyl groups is 1. The van der Waals surface area contributed by atoms with Crippen molar-refractivity contribution in [1.29, 1.82) is 0 Å².